The van der Waals surface area contributed by atoms with E-state index in [1.807, 2.05) is 19.2 Å². The van der Waals surface area contributed by atoms with E-state index >= 15 is 0 Å². The molecule has 6 rings (SSSR count). The third kappa shape index (κ3) is 5.30. The fourth-order valence-electron chi connectivity index (χ4n) is 7.30. The summed E-state index contributed by atoms with van der Waals surface area (Å²) in [5.41, 5.74) is 2.62. The van der Waals surface area contributed by atoms with Crippen molar-refractivity contribution >= 4 is 34.3 Å². The van der Waals surface area contributed by atoms with Crippen molar-refractivity contribution in [2.75, 3.05) is 50.0 Å². The van der Waals surface area contributed by atoms with E-state index in [2.05, 4.69) is 52.0 Å². The van der Waals surface area contributed by atoms with Crippen molar-refractivity contribution in [2.45, 2.75) is 83.8 Å². The second-order valence-electron chi connectivity index (χ2n) is 12.9. The molecular weight excluding hydrogens is 528 g/mol. The van der Waals surface area contributed by atoms with Gasteiger partial charge >= 0.3 is 0 Å². The molecule has 1 atom stereocenters. The van der Waals surface area contributed by atoms with Gasteiger partial charge in [-0.1, -0.05) is 12.8 Å². The molecule has 1 aliphatic carbocycles. The van der Waals surface area contributed by atoms with Gasteiger partial charge in [0.1, 0.15) is 11.5 Å². The number of nitrogens with one attached hydrogen (secondary N) is 1. The number of rotatable bonds is 6. The van der Waals surface area contributed by atoms with Crippen molar-refractivity contribution in [2.24, 2.45) is 0 Å². The van der Waals surface area contributed by atoms with Crippen LogP contribution in [0.15, 0.2) is 29.3 Å². The quantitative estimate of drug-likeness (QED) is 0.427. The molecule has 0 spiro atoms. The molecule has 2 aliphatic heterocycles. The van der Waals surface area contributed by atoms with E-state index < -0.39 is 0 Å². The van der Waals surface area contributed by atoms with Gasteiger partial charge in [0.2, 0.25) is 5.95 Å². The van der Waals surface area contributed by atoms with Crippen molar-refractivity contribution < 1.29 is 4.79 Å². The average molecular weight is 573 g/mol. The predicted molar refractivity (Wildman–Crippen MR) is 167 cm³/mol. The first kappa shape index (κ1) is 28.7. The Balaban J connectivity index is 1.20. The Morgan fingerprint density at radius 3 is 2.43 bits per heavy atom. The van der Waals surface area contributed by atoms with Crippen LogP contribution in [0.2, 0.25) is 0 Å². The van der Waals surface area contributed by atoms with Gasteiger partial charge in [0.25, 0.3) is 5.56 Å². The van der Waals surface area contributed by atoms with Crippen LogP contribution in [-0.4, -0.2) is 86.5 Å². The molecule has 2 saturated heterocycles. The molecule has 42 heavy (non-hydrogen) atoms. The highest BCUT2D eigenvalue weighted by Crippen LogP contribution is 2.33. The first-order valence-electron chi connectivity index (χ1n) is 15.5. The van der Waals surface area contributed by atoms with E-state index in [0.717, 1.165) is 56.4 Å². The Labute approximate surface area is 248 Å². The third-order valence-corrected chi connectivity index (χ3v) is 10.0. The number of aryl methyl sites for hydroxylation is 1. The lowest BCUT2D eigenvalue weighted by Crippen LogP contribution is -2.61. The van der Waals surface area contributed by atoms with E-state index in [-0.39, 0.29) is 28.5 Å². The Bertz CT molecular complexity index is 1520. The number of pyridine rings is 2. The fourth-order valence-corrected chi connectivity index (χ4v) is 7.30. The lowest BCUT2D eigenvalue weighted by atomic mass is 9.86. The lowest BCUT2D eigenvalue weighted by molar-refractivity contribution is 0.0290. The maximum atomic E-state index is 13.5. The van der Waals surface area contributed by atoms with E-state index in [1.165, 1.54) is 32.9 Å². The number of carbonyl (C=O) groups is 1. The monoisotopic (exact) mass is 572 g/mol. The van der Waals surface area contributed by atoms with E-state index in [9.17, 15) is 9.59 Å². The molecule has 3 aromatic heterocycles. The number of hydrogen-bond donors (Lipinski definition) is 1. The molecule has 0 unspecified atom stereocenters. The number of carbonyl (C=O) groups excluding carboxylic acids is 1. The SMILES string of the molecule is CC(=O)c1c(C)c2cnc(Nc3ccc(N4CCN(C5(C)CCN(C)CC5)C[C@H]4C)cn3)nc2n(C2CCCC2)c1=O. The summed E-state index contributed by atoms with van der Waals surface area (Å²) in [6.45, 7) is 13.4. The molecule has 3 aromatic rings. The van der Waals surface area contributed by atoms with Crippen LogP contribution in [0.25, 0.3) is 11.0 Å². The van der Waals surface area contributed by atoms with E-state index in [0.29, 0.717) is 29.0 Å². The second kappa shape index (κ2) is 11.4. The number of nitrogens with zero attached hydrogens (tertiary/aromatic N) is 7. The zero-order chi connectivity index (χ0) is 29.6. The summed E-state index contributed by atoms with van der Waals surface area (Å²) >= 11 is 0. The molecule has 10 heteroatoms. The number of fused-ring (bicyclic) bond motifs is 1. The molecule has 0 amide bonds. The zero-order valence-corrected chi connectivity index (χ0v) is 25.7. The summed E-state index contributed by atoms with van der Waals surface area (Å²) < 4.78 is 1.74. The van der Waals surface area contributed by atoms with Gasteiger partial charge in [0.05, 0.1) is 17.4 Å². The van der Waals surface area contributed by atoms with Crippen molar-refractivity contribution in [1.82, 2.24) is 29.3 Å². The average Bonchev–Trinajstić information content (AvgIpc) is 3.49. The Morgan fingerprint density at radius 2 is 1.79 bits per heavy atom. The highest BCUT2D eigenvalue weighted by molar-refractivity contribution is 5.99. The summed E-state index contributed by atoms with van der Waals surface area (Å²) in [5, 5.41) is 3.98. The molecule has 5 heterocycles. The van der Waals surface area contributed by atoms with Crippen LogP contribution < -0.4 is 15.8 Å². The second-order valence-corrected chi connectivity index (χ2v) is 12.9. The van der Waals surface area contributed by atoms with Crippen LogP contribution in [-0.2, 0) is 0 Å². The minimum Gasteiger partial charge on any atom is -0.365 e. The summed E-state index contributed by atoms with van der Waals surface area (Å²) in [5.74, 6) is 0.816. The maximum absolute atomic E-state index is 13.5. The largest absolute Gasteiger partial charge is 0.365 e. The number of aromatic nitrogens is 4. The standard InChI is InChI=1S/C32H44N8O2/c1-21-20-38(32(4)12-14-37(5)15-13-32)16-17-39(21)25-10-11-27(33-18-25)35-31-34-19-26-22(2)28(23(3)41)30(42)40(29(26)36-31)24-8-6-7-9-24/h10-11,18-19,21,24H,6-9,12-17,20H2,1-5H3,(H,33,34,35,36)/t21-/m1/s1. The normalized spacial score (nSPS) is 22.1. The summed E-state index contributed by atoms with van der Waals surface area (Å²) in [7, 11) is 2.22. The predicted octanol–water partition coefficient (Wildman–Crippen LogP) is 4.55. The van der Waals surface area contributed by atoms with Gasteiger partial charge in [-0.3, -0.25) is 19.1 Å². The van der Waals surface area contributed by atoms with Crippen LogP contribution in [0.1, 0.15) is 81.3 Å². The molecule has 10 nitrogen and oxygen atoms in total. The maximum Gasteiger partial charge on any atom is 0.263 e. The zero-order valence-electron chi connectivity index (χ0n) is 25.7. The van der Waals surface area contributed by atoms with E-state index in [1.54, 1.807) is 10.8 Å². The molecular formula is C32H44N8O2. The first-order valence-corrected chi connectivity index (χ1v) is 15.5. The molecule has 3 aliphatic rings. The number of likely N-dealkylation sites (tertiary alicyclic amines) is 1. The smallest absolute Gasteiger partial charge is 0.263 e. The van der Waals surface area contributed by atoms with Gasteiger partial charge in [-0.15, -0.1) is 0 Å². The number of piperazine rings is 1. The van der Waals surface area contributed by atoms with Gasteiger partial charge in [-0.05, 0) is 91.2 Å². The molecule has 224 valence electrons. The molecule has 0 bridgehead atoms. The van der Waals surface area contributed by atoms with Crippen molar-refractivity contribution in [3.8, 4) is 0 Å². The molecule has 0 aromatic carbocycles. The number of anilines is 3. The van der Waals surface area contributed by atoms with Crippen molar-refractivity contribution in [3.63, 3.8) is 0 Å². The highest BCUT2D eigenvalue weighted by atomic mass is 16.1. The van der Waals surface area contributed by atoms with Crippen molar-refractivity contribution in [3.05, 3.63) is 46.0 Å². The summed E-state index contributed by atoms with van der Waals surface area (Å²) in [4.78, 5) is 47.5. The molecule has 0 radical (unpaired) electrons. The van der Waals surface area contributed by atoms with Crippen LogP contribution in [0, 0.1) is 6.92 Å². The topological polar surface area (TPSA) is 99.5 Å². The molecule has 1 N–H and O–H groups in total. The number of piperidine rings is 1. The summed E-state index contributed by atoms with van der Waals surface area (Å²) in [6, 6.07) is 4.52. The molecule has 3 fully saturated rings. The minimum atomic E-state index is -0.245. The highest BCUT2D eigenvalue weighted by Gasteiger charge is 2.38. The third-order valence-electron chi connectivity index (χ3n) is 10.0. The van der Waals surface area contributed by atoms with Gasteiger partial charge < -0.3 is 15.1 Å². The van der Waals surface area contributed by atoms with Gasteiger partial charge in [-0.25, -0.2) is 9.97 Å². The van der Waals surface area contributed by atoms with E-state index in [4.69, 9.17) is 9.97 Å². The van der Waals surface area contributed by atoms with Gasteiger partial charge in [0.15, 0.2) is 5.78 Å². The van der Waals surface area contributed by atoms with Crippen LogP contribution in [0.3, 0.4) is 0 Å². The summed E-state index contributed by atoms with van der Waals surface area (Å²) in [6.07, 6.45) is 10.1. The van der Waals surface area contributed by atoms with Crippen LogP contribution in [0.5, 0.6) is 0 Å². The number of hydrogen-bond acceptors (Lipinski definition) is 9. The fraction of sp³-hybridized carbons (Fsp3) is 0.594. The van der Waals surface area contributed by atoms with Crippen LogP contribution in [0.4, 0.5) is 17.5 Å². The minimum absolute atomic E-state index is 0.0448. The molecule has 1 saturated carbocycles. The Kier molecular flexibility index (Phi) is 7.78. The van der Waals surface area contributed by atoms with Crippen LogP contribution >= 0.6 is 0 Å². The Morgan fingerprint density at radius 1 is 1.05 bits per heavy atom. The first-order chi connectivity index (χ1) is 20.1. The number of Topliss-reactive ketones (excluding diaryl/α,β-unsaturated/α-hetero) is 1. The number of ketones is 1. The van der Waals surface area contributed by atoms with Gasteiger partial charge in [-0.2, -0.15) is 4.98 Å². The van der Waals surface area contributed by atoms with Gasteiger partial charge in [0, 0.05) is 48.8 Å². The Hall–Kier alpha value is -3.37. The van der Waals surface area contributed by atoms with Crippen molar-refractivity contribution in [1.29, 1.82) is 0 Å². The lowest BCUT2D eigenvalue weighted by Gasteiger charge is -2.51.